The third-order valence-electron chi connectivity index (χ3n) is 1.74. The van der Waals surface area contributed by atoms with Crippen molar-refractivity contribution in [2.24, 2.45) is 5.73 Å². The molecule has 0 atom stereocenters. The highest BCUT2D eigenvalue weighted by atomic mass is 16.4. The van der Waals surface area contributed by atoms with Crippen molar-refractivity contribution in [2.75, 3.05) is 0 Å². The molecule has 0 aromatic carbocycles. The molecule has 1 aromatic heterocycles. The van der Waals surface area contributed by atoms with Crippen LogP contribution in [-0.4, -0.2) is 10.2 Å². The van der Waals surface area contributed by atoms with E-state index in [4.69, 9.17) is 10.2 Å². The molecule has 54 valence electrons. The number of hydrogen-bond donors (Lipinski definition) is 1. The van der Waals surface area contributed by atoms with Gasteiger partial charge < -0.3 is 10.2 Å². The molecule has 1 fully saturated rings. The summed E-state index contributed by atoms with van der Waals surface area (Å²) in [5, 5.41) is 7.53. The molecule has 10 heavy (non-hydrogen) atoms. The molecule has 0 amide bonds. The van der Waals surface area contributed by atoms with E-state index < -0.39 is 0 Å². The first-order valence-electron chi connectivity index (χ1n) is 3.30. The van der Waals surface area contributed by atoms with Gasteiger partial charge in [-0.25, -0.2) is 0 Å². The summed E-state index contributed by atoms with van der Waals surface area (Å²) in [6.45, 7) is 1.77. The van der Waals surface area contributed by atoms with Crippen LogP contribution >= 0.6 is 0 Å². The second kappa shape index (κ2) is 1.58. The lowest BCUT2D eigenvalue weighted by atomic mass is 10.3. The van der Waals surface area contributed by atoms with E-state index in [0.29, 0.717) is 11.8 Å². The van der Waals surface area contributed by atoms with Crippen LogP contribution in [0.25, 0.3) is 0 Å². The third-order valence-corrected chi connectivity index (χ3v) is 1.74. The van der Waals surface area contributed by atoms with Crippen LogP contribution in [0, 0.1) is 6.92 Å². The molecule has 0 spiro atoms. The van der Waals surface area contributed by atoms with E-state index in [9.17, 15) is 0 Å². The Morgan fingerprint density at radius 1 is 1.50 bits per heavy atom. The molecule has 1 heterocycles. The van der Waals surface area contributed by atoms with Gasteiger partial charge in [0.1, 0.15) is 0 Å². The van der Waals surface area contributed by atoms with Crippen molar-refractivity contribution in [2.45, 2.75) is 25.3 Å². The van der Waals surface area contributed by atoms with Crippen molar-refractivity contribution >= 4 is 0 Å². The molecular formula is C6H9N3O. The van der Waals surface area contributed by atoms with Crippen molar-refractivity contribution in [1.82, 2.24) is 10.2 Å². The summed E-state index contributed by atoms with van der Waals surface area (Å²) in [5.74, 6) is 1.18. The maximum atomic E-state index is 5.78. The SMILES string of the molecule is Cc1nnc(C2(N)CC2)o1. The fourth-order valence-electron chi connectivity index (χ4n) is 0.846. The van der Waals surface area contributed by atoms with Gasteiger partial charge in [-0.15, -0.1) is 10.2 Å². The Kier molecular flexibility index (Phi) is 0.922. The number of nitrogens with two attached hydrogens (primary N) is 1. The van der Waals surface area contributed by atoms with Crippen molar-refractivity contribution in [3.63, 3.8) is 0 Å². The van der Waals surface area contributed by atoms with Gasteiger partial charge in [0.05, 0.1) is 5.54 Å². The number of rotatable bonds is 1. The zero-order chi connectivity index (χ0) is 7.19. The fourth-order valence-corrected chi connectivity index (χ4v) is 0.846. The molecule has 4 nitrogen and oxygen atoms in total. The molecule has 0 unspecified atom stereocenters. The van der Waals surface area contributed by atoms with Crippen molar-refractivity contribution in [3.05, 3.63) is 11.8 Å². The van der Waals surface area contributed by atoms with Crippen LogP contribution < -0.4 is 5.73 Å². The van der Waals surface area contributed by atoms with Gasteiger partial charge in [0.15, 0.2) is 0 Å². The summed E-state index contributed by atoms with van der Waals surface area (Å²) in [5.41, 5.74) is 5.51. The number of hydrogen-bond acceptors (Lipinski definition) is 4. The zero-order valence-corrected chi connectivity index (χ0v) is 5.79. The largest absolute Gasteiger partial charge is 0.424 e. The van der Waals surface area contributed by atoms with Crippen LogP contribution in [0.3, 0.4) is 0 Å². The second-order valence-electron chi connectivity index (χ2n) is 2.78. The van der Waals surface area contributed by atoms with Crippen LogP contribution in [0.1, 0.15) is 24.6 Å². The summed E-state index contributed by atoms with van der Waals surface area (Å²) in [4.78, 5) is 0. The highest BCUT2D eigenvalue weighted by Gasteiger charge is 2.45. The maximum Gasteiger partial charge on any atom is 0.236 e. The van der Waals surface area contributed by atoms with Gasteiger partial charge >= 0.3 is 0 Å². The molecule has 1 saturated carbocycles. The Bertz CT molecular complexity index is 251. The zero-order valence-electron chi connectivity index (χ0n) is 5.79. The Morgan fingerprint density at radius 3 is 2.60 bits per heavy atom. The minimum atomic E-state index is -0.277. The predicted molar refractivity (Wildman–Crippen MR) is 34.1 cm³/mol. The van der Waals surface area contributed by atoms with E-state index in [1.807, 2.05) is 0 Å². The lowest BCUT2D eigenvalue weighted by Crippen LogP contribution is -2.18. The first kappa shape index (κ1) is 5.85. The van der Waals surface area contributed by atoms with Crippen LogP contribution in [0.5, 0.6) is 0 Å². The highest BCUT2D eigenvalue weighted by molar-refractivity contribution is 5.10. The predicted octanol–water partition coefficient (Wildman–Crippen LogP) is 0.326. The lowest BCUT2D eigenvalue weighted by Gasteiger charge is -1.97. The first-order chi connectivity index (χ1) is 4.71. The molecule has 1 aliphatic rings. The fraction of sp³-hybridized carbons (Fsp3) is 0.667. The number of nitrogens with zero attached hydrogens (tertiary/aromatic N) is 2. The Balaban J connectivity index is 2.34. The summed E-state index contributed by atoms with van der Waals surface area (Å²) < 4.78 is 5.16. The average molecular weight is 139 g/mol. The van der Waals surface area contributed by atoms with Gasteiger partial charge in [0.25, 0.3) is 0 Å². The third kappa shape index (κ3) is 0.724. The van der Waals surface area contributed by atoms with Gasteiger partial charge in [-0.3, -0.25) is 0 Å². The minimum absolute atomic E-state index is 0.277. The summed E-state index contributed by atoms with van der Waals surface area (Å²) in [6.07, 6.45) is 1.93. The molecule has 0 bridgehead atoms. The van der Waals surface area contributed by atoms with E-state index >= 15 is 0 Å². The molecular weight excluding hydrogens is 130 g/mol. The molecule has 1 aliphatic carbocycles. The highest BCUT2D eigenvalue weighted by Crippen LogP contribution is 2.41. The topological polar surface area (TPSA) is 64.9 Å². The van der Waals surface area contributed by atoms with Gasteiger partial charge in [-0.1, -0.05) is 0 Å². The molecule has 2 N–H and O–H groups in total. The van der Waals surface area contributed by atoms with E-state index in [-0.39, 0.29) is 5.54 Å². The van der Waals surface area contributed by atoms with Crippen LogP contribution in [0.2, 0.25) is 0 Å². The Labute approximate surface area is 58.4 Å². The molecule has 1 aromatic rings. The van der Waals surface area contributed by atoms with Crippen LogP contribution in [0.15, 0.2) is 4.42 Å². The van der Waals surface area contributed by atoms with E-state index in [1.54, 1.807) is 6.92 Å². The van der Waals surface area contributed by atoms with Gasteiger partial charge in [0, 0.05) is 6.92 Å². The van der Waals surface area contributed by atoms with Crippen LogP contribution in [-0.2, 0) is 5.54 Å². The summed E-state index contributed by atoms with van der Waals surface area (Å²) in [7, 11) is 0. The quantitative estimate of drug-likeness (QED) is 0.608. The second-order valence-corrected chi connectivity index (χ2v) is 2.78. The van der Waals surface area contributed by atoms with E-state index in [0.717, 1.165) is 12.8 Å². The summed E-state index contributed by atoms with van der Waals surface area (Å²) >= 11 is 0. The Hall–Kier alpha value is -0.900. The Morgan fingerprint density at radius 2 is 2.20 bits per heavy atom. The normalized spacial score (nSPS) is 21.0. The van der Waals surface area contributed by atoms with E-state index in [2.05, 4.69) is 10.2 Å². The van der Waals surface area contributed by atoms with Gasteiger partial charge in [-0.05, 0) is 12.8 Å². The number of aryl methyl sites for hydroxylation is 1. The molecule has 0 radical (unpaired) electrons. The average Bonchev–Trinajstić information content (AvgIpc) is 2.45. The van der Waals surface area contributed by atoms with E-state index in [1.165, 1.54) is 0 Å². The maximum absolute atomic E-state index is 5.78. The molecule has 4 heteroatoms. The number of aromatic nitrogens is 2. The molecule has 2 rings (SSSR count). The minimum Gasteiger partial charge on any atom is -0.424 e. The first-order valence-corrected chi connectivity index (χ1v) is 3.30. The van der Waals surface area contributed by atoms with Crippen molar-refractivity contribution in [1.29, 1.82) is 0 Å². The molecule has 0 aliphatic heterocycles. The monoisotopic (exact) mass is 139 g/mol. The van der Waals surface area contributed by atoms with Gasteiger partial charge in [-0.2, -0.15) is 0 Å². The van der Waals surface area contributed by atoms with Crippen molar-refractivity contribution < 1.29 is 4.42 Å². The summed E-state index contributed by atoms with van der Waals surface area (Å²) in [6, 6.07) is 0. The van der Waals surface area contributed by atoms with Gasteiger partial charge in [0.2, 0.25) is 11.8 Å². The van der Waals surface area contributed by atoms with Crippen molar-refractivity contribution in [3.8, 4) is 0 Å². The smallest absolute Gasteiger partial charge is 0.236 e. The standard InChI is InChI=1S/C6H9N3O/c1-4-8-9-5(10-4)6(7)2-3-6/h2-3,7H2,1H3. The lowest BCUT2D eigenvalue weighted by molar-refractivity contribution is 0.421. The van der Waals surface area contributed by atoms with Crippen LogP contribution in [0.4, 0.5) is 0 Å². The molecule has 0 saturated heterocycles.